The Morgan fingerprint density at radius 1 is 1.43 bits per heavy atom. The summed E-state index contributed by atoms with van der Waals surface area (Å²) in [7, 11) is 0. The lowest BCUT2D eigenvalue weighted by Crippen LogP contribution is -2.01. The van der Waals surface area contributed by atoms with Crippen molar-refractivity contribution in [2.24, 2.45) is 4.99 Å². The van der Waals surface area contributed by atoms with Crippen LogP contribution in [0.1, 0.15) is 12.5 Å². The number of carbonyl (C=O) groups is 1. The molecule has 0 saturated carbocycles. The van der Waals surface area contributed by atoms with E-state index in [4.69, 9.17) is 11.6 Å². The lowest BCUT2D eigenvalue weighted by Gasteiger charge is -1.98. The lowest BCUT2D eigenvalue weighted by molar-refractivity contribution is 0.163. The summed E-state index contributed by atoms with van der Waals surface area (Å²) in [4.78, 5) is 14.5. The van der Waals surface area contributed by atoms with E-state index in [2.05, 4.69) is 9.73 Å². The fraction of sp³-hybridized carbons (Fsp3) is 0.200. The zero-order valence-corrected chi connectivity index (χ0v) is 8.49. The van der Waals surface area contributed by atoms with Crippen molar-refractivity contribution < 1.29 is 9.53 Å². The fourth-order valence-corrected chi connectivity index (χ4v) is 1.07. The maximum absolute atomic E-state index is 10.9. The summed E-state index contributed by atoms with van der Waals surface area (Å²) >= 11 is 5.79. The SMILES string of the molecule is CCOC(=O)N=C(Cl)c1ccccc1. The van der Waals surface area contributed by atoms with Crippen LogP contribution in [0.3, 0.4) is 0 Å². The van der Waals surface area contributed by atoms with Crippen LogP contribution in [-0.4, -0.2) is 17.9 Å². The average Bonchev–Trinajstić information content (AvgIpc) is 2.19. The molecular formula is C10H10ClNO2. The molecule has 0 atom stereocenters. The van der Waals surface area contributed by atoms with Gasteiger partial charge in [0.1, 0.15) is 5.17 Å². The van der Waals surface area contributed by atoms with Gasteiger partial charge in [-0.2, -0.15) is 4.99 Å². The van der Waals surface area contributed by atoms with Crippen molar-refractivity contribution in [2.75, 3.05) is 6.61 Å². The first kappa shape index (κ1) is 10.7. The molecule has 0 unspecified atom stereocenters. The number of hydrogen-bond donors (Lipinski definition) is 0. The zero-order chi connectivity index (χ0) is 10.4. The summed E-state index contributed by atoms with van der Waals surface area (Å²) in [5, 5.41) is 0.143. The monoisotopic (exact) mass is 211 g/mol. The summed E-state index contributed by atoms with van der Waals surface area (Å²) in [6.07, 6.45) is -0.665. The standard InChI is InChI=1S/C10H10ClNO2/c1-2-14-10(13)12-9(11)8-6-4-3-5-7-8/h3-7H,2H2,1H3. The van der Waals surface area contributed by atoms with Gasteiger partial charge in [0.25, 0.3) is 0 Å². The topological polar surface area (TPSA) is 38.7 Å². The van der Waals surface area contributed by atoms with Gasteiger partial charge < -0.3 is 4.74 Å². The van der Waals surface area contributed by atoms with E-state index in [1.54, 1.807) is 19.1 Å². The van der Waals surface area contributed by atoms with Crippen molar-refractivity contribution in [3.63, 3.8) is 0 Å². The molecule has 0 aliphatic carbocycles. The quantitative estimate of drug-likeness (QED) is 0.706. The van der Waals surface area contributed by atoms with E-state index in [0.717, 1.165) is 0 Å². The van der Waals surface area contributed by atoms with Crippen molar-refractivity contribution in [3.8, 4) is 0 Å². The van der Waals surface area contributed by atoms with E-state index >= 15 is 0 Å². The second-order valence-corrected chi connectivity index (χ2v) is 2.83. The van der Waals surface area contributed by atoms with Crippen molar-refractivity contribution in [3.05, 3.63) is 35.9 Å². The number of halogens is 1. The van der Waals surface area contributed by atoms with Crippen LogP contribution in [0.4, 0.5) is 4.79 Å². The molecule has 14 heavy (non-hydrogen) atoms. The highest BCUT2D eigenvalue weighted by Gasteiger charge is 2.03. The minimum absolute atomic E-state index is 0.143. The highest BCUT2D eigenvalue weighted by Crippen LogP contribution is 2.05. The molecule has 74 valence electrons. The van der Waals surface area contributed by atoms with Crippen molar-refractivity contribution in [1.29, 1.82) is 0 Å². The van der Waals surface area contributed by atoms with Gasteiger partial charge in [-0.25, -0.2) is 4.79 Å². The molecule has 1 aromatic rings. The molecule has 1 amide bonds. The smallest absolute Gasteiger partial charge is 0.435 e. The van der Waals surface area contributed by atoms with Crippen LogP contribution in [0.5, 0.6) is 0 Å². The highest BCUT2D eigenvalue weighted by atomic mass is 35.5. The van der Waals surface area contributed by atoms with Gasteiger partial charge in [-0.05, 0) is 6.92 Å². The van der Waals surface area contributed by atoms with E-state index in [1.165, 1.54) is 0 Å². The molecule has 0 spiro atoms. The minimum atomic E-state index is -0.665. The molecule has 0 saturated heterocycles. The summed E-state index contributed by atoms with van der Waals surface area (Å²) in [6, 6.07) is 9.03. The molecule has 4 heteroatoms. The van der Waals surface area contributed by atoms with Crippen molar-refractivity contribution in [1.82, 2.24) is 0 Å². The number of ether oxygens (including phenoxy) is 1. The normalized spacial score (nSPS) is 11.1. The van der Waals surface area contributed by atoms with Gasteiger partial charge in [-0.3, -0.25) is 0 Å². The number of aliphatic imine (C=N–C) groups is 1. The molecule has 1 rings (SSSR count). The average molecular weight is 212 g/mol. The van der Waals surface area contributed by atoms with E-state index < -0.39 is 6.09 Å². The predicted molar refractivity (Wildman–Crippen MR) is 55.9 cm³/mol. The number of rotatable bonds is 2. The predicted octanol–water partition coefficient (Wildman–Crippen LogP) is 2.83. The molecule has 0 aromatic heterocycles. The van der Waals surface area contributed by atoms with E-state index in [0.29, 0.717) is 12.2 Å². The van der Waals surface area contributed by atoms with E-state index in [9.17, 15) is 4.79 Å². The molecular weight excluding hydrogens is 202 g/mol. The Hall–Kier alpha value is -1.35. The Morgan fingerprint density at radius 3 is 2.64 bits per heavy atom. The summed E-state index contributed by atoms with van der Waals surface area (Å²) in [5.41, 5.74) is 0.696. The second-order valence-electron chi connectivity index (χ2n) is 2.47. The van der Waals surface area contributed by atoms with Crippen LogP contribution in [0, 0.1) is 0 Å². The maximum Gasteiger partial charge on any atom is 0.435 e. The number of nitrogens with zero attached hydrogens (tertiary/aromatic N) is 1. The van der Waals surface area contributed by atoms with Crippen molar-refractivity contribution in [2.45, 2.75) is 6.92 Å². The van der Waals surface area contributed by atoms with Crippen molar-refractivity contribution >= 4 is 22.9 Å². The maximum atomic E-state index is 10.9. The van der Waals surface area contributed by atoms with Gasteiger partial charge in [0.05, 0.1) is 6.61 Å². The van der Waals surface area contributed by atoms with Gasteiger partial charge in [-0.1, -0.05) is 41.9 Å². The third-order valence-corrected chi connectivity index (χ3v) is 1.77. The molecule has 0 aliphatic heterocycles. The molecule has 0 bridgehead atoms. The van der Waals surface area contributed by atoms with Gasteiger partial charge in [-0.15, -0.1) is 0 Å². The first-order valence-electron chi connectivity index (χ1n) is 4.20. The van der Waals surface area contributed by atoms with Crippen LogP contribution in [0.15, 0.2) is 35.3 Å². The molecule has 0 radical (unpaired) electrons. The van der Waals surface area contributed by atoms with Crippen LogP contribution in [0.25, 0.3) is 0 Å². The number of benzene rings is 1. The van der Waals surface area contributed by atoms with Gasteiger partial charge >= 0.3 is 6.09 Å². The van der Waals surface area contributed by atoms with Gasteiger partial charge in [0.15, 0.2) is 0 Å². The molecule has 0 aliphatic rings. The Bertz CT molecular complexity index is 335. The lowest BCUT2D eigenvalue weighted by atomic mass is 10.2. The van der Waals surface area contributed by atoms with E-state index in [-0.39, 0.29) is 5.17 Å². The fourth-order valence-electron chi connectivity index (χ4n) is 0.876. The summed E-state index contributed by atoms with van der Waals surface area (Å²) in [5.74, 6) is 0. The number of amides is 1. The van der Waals surface area contributed by atoms with Crippen LogP contribution in [-0.2, 0) is 4.74 Å². The number of carbonyl (C=O) groups excluding carboxylic acids is 1. The Morgan fingerprint density at radius 2 is 2.07 bits per heavy atom. The molecule has 0 fully saturated rings. The largest absolute Gasteiger partial charge is 0.448 e. The van der Waals surface area contributed by atoms with Crippen LogP contribution >= 0.6 is 11.6 Å². The molecule has 0 heterocycles. The van der Waals surface area contributed by atoms with E-state index in [1.807, 2.05) is 18.2 Å². The number of hydrogen-bond acceptors (Lipinski definition) is 2. The minimum Gasteiger partial charge on any atom is -0.448 e. The van der Waals surface area contributed by atoms with Gasteiger partial charge in [0, 0.05) is 5.56 Å². The Balaban J connectivity index is 2.75. The molecule has 3 nitrogen and oxygen atoms in total. The summed E-state index contributed by atoms with van der Waals surface area (Å²) in [6.45, 7) is 2.01. The van der Waals surface area contributed by atoms with Gasteiger partial charge in [0.2, 0.25) is 0 Å². The molecule has 0 N–H and O–H groups in total. The highest BCUT2D eigenvalue weighted by molar-refractivity contribution is 6.70. The Kier molecular flexibility index (Phi) is 4.13. The first-order valence-corrected chi connectivity index (χ1v) is 4.58. The third-order valence-electron chi connectivity index (χ3n) is 1.47. The zero-order valence-electron chi connectivity index (χ0n) is 7.74. The second kappa shape index (κ2) is 5.40. The third kappa shape index (κ3) is 3.18. The summed E-state index contributed by atoms with van der Waals surface area (Å²) < 4.78 is 4.62. The Labute approximate surface area is 87.4 Å². The van der Waals surface area contributed by atoms with Crippen LogP contribution < -0.4 is 0 Å². The first-order chi connectivity index (χ1) is 6.74. The van der Waals surface area contributed by atoms with Crippen LogP contribution in [0.2, 0.25) is 0 Å². The molecule has 1 aromatic carbocycles.